The van der Waals surface area contributed by atoms with Crippen LogP contribution in [0.15, 0.2) is 103 Å². The minimum atomic E-state index is -0.323. The molecule has 0 radical (unpaired) electrons. The lowest BCUT2D eigenvalue weighted by Gasteiger charge is -2.10. The van der Waals surface area contributed by atoms with Gasteiger partial charge in [0.2, 0.25) is 0 Å². The molecular formula is C29H23N3O2. The molecule has 0 saturated carbocycles. The molecule has 1 heterocycles. The quantitative estimate of drug-likeness (QED) is 0.375. The molecule has 2 amide bonds. The predicted octanol–water partition coefficient (Wildman–Crippen LogP) is 5.25. The smallest absolute Gasteiger partial charge is 0.270 e. The summed E-state index contributed by atoms with van der Waals surface area (Å²) in [5.74, 6) is -0.645. The van der Waals surface area contributed by atoms with Gasteiger partial charge in [0, 0.05) is 13.1 Å². The van der Waals surface area contributed by atoms with E-state index in [0.717, 1.165) is 32.7 Å². The van der Waals surface area contributed by atoms with Crippen molar-refractivity contribution in [3.8, 4) is 0 Å². The van der Waals surface area contributed by atoms with E-state index in [2.05, 4.69) is 15.6 Å². The highest BCUT2D eigenvalue weighted by atomic mass is 16.2. The summed E-state index contributed by atoms with van der Waals surface area (Å²) in [5.41, 5.74) is 2.46. The Hall–Kier alpha value is -4.51. The second kappa shape index (κ2) is 9.55. The van der Waals surface area contributed by atoms with Crippen LogP contribution in [0.25, 0.3) is 21.5 Å². The van der Waals surface area contributed by atoms with E-state index < -0.39 is 0 Å². The Balaban J connectivity index is 1.26. The van der Waals surface area contributed by atoms with Gasteiger partial charge in [-0.3, -0.25) is 9.59 Å². The molecule has 0 unspecified atom stereocenters. The Bertz CT molecular complexity index is 1390. The molecule has 5 heteroatoms. The van der Waals surface area contributed by atoms with Crippen LogP contribution in [0, 0.1) is 0 Å². The van der Waals surface area contributed by atoms with Gasteiger partial charge in [0.15, 0.2) is 0 Å². The molecule has 0 aliphatic heterocycles. The van der Waals surface area contributed by atoms with Crippen LogP contribution in [0.4, 0.5) is 0 Å². The Morgan fingerprint density at radius 3 is 1.44 bits per heavy atom. The zero-order chi connectivity index (χ0) is 23.3. The van der Waals surface area contributed by atoms with E-state index in [4.69, 9.17) is 0 Å². The highest BCUT2D eigenvalue weighted by molar-refractivity contribution is 5.96. The number of carbonyl (C=O) groups excluding carboxylic acids is 2. The maximum Gasteiger partial charge on any atom is 0.270 e. The lowest BCUT2D eigenvalue weighted by atomic mass is 10.0. The van der Waals surface area contributed by atoms with E-state index in [9.17, 15) is 9.59 Å². The van der Waals surface area contributed by atoms with Crippen LogP contribution < -0.4 is 10.6 Å². The fourth-order valence-electron chi connectivity index (χ4n) is 4.11. The minimum absolute atomic E-state index is 0.207. The third-order valence-corrected chi connectivity index (χ3v) is 5.85. The number of pyridine rings is 1. The van der Waals surface area contributed by atoms with Gasteiger partial charge in [0.25, 0.3) is 11.8 Å². The second-order valence-corrected chi connectivity index (χ2v) is 8.05. The number of rotatable bonds is 6. The molecule has 5 aromatic rings. The molecule has 0 spiro atoms. The normalized spacial score (nSPS) is 10.8. The van der Waals surface area contributed by atoms with Gasteiger partial charge in [-0.1, -0.05) is 91.0 Å². The van der Waals surface area contributed by atoms with E-state index in [1.54, 1.807) is 18.2 Å². The van der Waals surface area contributed by atoms with Gasteiger partial charge in [-0.25, -0.2) is 4.98 Å². The number of carbonyl (C=O) groups is 2. The number of benzene rings is 4. The van der Waals surface area contributed by atoms with Crippen molar-refractivity contribution in [2.24, 2.45) is 0 Å². The van der Waals surface area contributed by atoms with Crippen molar-refractivity contribution >= 4 is 33.4 Å². The summed E-state index contributed by atoms with van der Waals surface area (Å²) < 4.78 is 0. The third kappa shape index (κ3) is 4.50. The Morgan fingerprint density at radius 1 is 0.529 bits per heavy atom. The van der Waals surface area contributed by atoms with Crippen LogP contribution in [0.1, 0.15) is 32.1 Å². The third-order valence-electron chi connectivity index (χ3n) is 5.85. The molecule has 5 nitrogen and oxygen atoms in total. The Kier molecular flexibility index (Phi) is 5.99. The number of fused-ring (bicyclic) bond motifs is 2. The maximum atomic E-state index is 12.7. The second-order valence-electron chi connectivity index (χ2n) is 8.05. The van der Waals surface area contributed by atoms with E-state index in [0.29, 0.717) is 13.1 Å². The van der Waals surface area contributed by atoms with Gasteiger partial charge < -0.3 is 10.6 Å². The summed E-state index contributed by atoms with van der Waals surface area (Å²) in [6, 6.07) is 33.0. The average Bonchev–Trinajstić information content (AvgIpc) is 2.90. The van der Waals surface area contributed by atoms with E-state index in [-0.39, 0.29) is 23.2 Å². The average molecular weight is 446 g/mol. The highest BCUT2D eigenvalue weighted by Crippen LogP contribution is 2.19. The van der Waals surface area contributed by atoms with Gasteiger partial charge in [0.1, 0.15) is 11.4 Å². The number of aromatic nitrogens is 1. The first-order valence-corrected chi connectivity index (χ1v) is 11.2. The van der Waals surface area contributed by atoms with Gasteiger partial charge in [-0.15, -0.1) is 0 Å². The number of nitrogens with one attached hydrogen (secondary N) is 2. The standard InChI is InChI=1S/C29H23N3O2/c33-28(30-18-22-12-5-10-20-8-1-3-14-24(20)22)26-16-7-17-27(32-26)29(34)31-19-23-13-6-11-21-9-2-4-15-25(21)23/h1-17H,18-19H2,(H,30,33)(H,31,34). The van der Waals surface area contributed by atoms with Crippen molar-refractivity contribution < 1.29 is 9.59 Å². The van der Waals surface area contributed by atoms with Crippen molar-refractivity contribution in [3.63, 3.8) is 0 Å². The maximum absolute atomic E-state index is 12.7. The SMILES string of the molecule is O=C(NCc1cccc2ccccc12)c1cccc(C(=O)NCc2cccc3ccccc23)n1. The van der Waals surface area contributed by atoms with Crippen molar-refractivity contribution in [3.05, 3.63) is 126 Å². The fraction of sp³-hybridized carbons (Fsp3) is 0.0690. The molecule has 0 aliphatic rings. The van der Waals surface area contributed by atoms with Crippen LogP contribution in [-0.4, -0.2) is 16.8 Å². The molecule has 2 N–H and O–H groups in total. The van der Waals surface area contributed by atoms with E-state index >= 15 is 0 Å². The van der Waals surface area contributed by atoms with Crippen LogP contribution in [-0.2, 0) is 13.1 Å². The topological polar surface area (TPSA) is 71.1 Å². The lowest BCUT2D eigenvalue weighted by molar-refractivity contribution is 0.0941. The lowest BCUT2D eigenvalue weighted by Crippen LogP contribution is -2.27. The van der Waals surface area contributed by atoms with Gasteiger partial charge in [0.05, 0.1) is 0 Å². The molecular weight excluding hydrogens is 422 g/mol. The Labute approximate surface area is 197 Å². The first-order valence-electron chi connectivity index (χ1n) is 11.2. The van der Waals surface area contributed by atoms with Crippen molar-refractivity contribution in [1.29, 1.82) is 0 Å². The zero-order valence-corrected chi connectivity index (χ0v) is 18.5. The van der Waals surface area contributed by atoms with E-state index in [1.807, 2.05) is 84.9 Å². The molecule has 4 aromatic carbocycles. The summed E-state index contributed by atoms with van der Waals surface area (Å²) in [6.45, 7) is 0.749. The van der Waals surface area contributed by atoms with Crippen LogP contribution >= 0.6 is 0 Å². The fourth-order valence-corrected chi connectivity index (χ4v) is 4.11. The highest BCUT2D eigenvalue weighted by Gasteiger charge is 2.13. The molecule has 0 saturated heterocycles. The van der Waals surface area contributed by atoms with Gasteiger partial charge in [-0.05, 0) is 44.8 Å². The molecule has 0 fully saturated rings. The number of hydrogen-bond acceptors (Lipinski definition) is 3. The molecule has 34 heavy (non-hydrogen) atoms. The first kappa shape index (κ1) is 21.3. The summed E-state index contributed by atoms with van der Waals surface area (Å²) in [6.07, 6.45) is 0. The van der Waals surface area contributed by atoms with Gasteiger partial charge in [-0.2, -0.15) is 0 Å². The van der Waals surface area contributed by atoms with E-state index in [1.165, 1.54) is 0 Å². The number of hydrogen-bond donors (Lipinski definition) is 2. The zero-order valence-electron chi connectivity index (χ0n) is 18.5. The first-order chi connectivity index (χ1) is 16.7. The molecule has 0 bridgehead atoms. The van der Waals surface area contributed by atoms with Gasteiger partial charge >= 0.3 is 0 Å². The van der Waals surface area contributed by atoms with Crippen molar-refractivity contribution in [1.82, 2.24) is 15.6 Å². The number of amides is 2. The minimum Gasteiger partial charge on any atom is -0.347 e. The monoisotopic (exact) mass is 445 g/mol. The van der Waals surface area contributed by atoms with Crippen molar-refractivity contribution in [2.75, 3.05) is 0 Å². The summed E-state index contributed by atoms with van der Waals surface area (Å²) in [4.78, 5) is 29.8. The Morgan fingerprint density at radius 2 is 0.941 bits per heavy atom. The molecule has 0 aliphatic carbocycles. The summed E-state index contributed by atoms with van der Waals surface area (Å²) >= 11 is 0. The van der Waals surface area contributed by atoms with Crippen LogP contribution in [0.5, 0.6) is 0 Å². The molecule has 0 atom stereocenters. The predicted molar refractivity (Wildman–Crippen MR) is 134 cm³/mol. The number of nitrogens with zero attached hydrogens (tertiary/aromatic N) is 1. The van der Waals surface area contributed by atoms with Crippen molar-refractivity contribution in [2.45, 2.75) is 13.1 Å². The summed E-state index contributed by atoms with van der Waals surface area (Å²) in [5, 5.41) is 10.3. The molecule has 166 valence electrons. The largest absolute Gasteiger partial charge is 0.347 e. The summed E-state index contributed by atoms with van der Waals surface area (Å²) in [7, 11) is 0. The molecule has 1 aromatic heterocycles. The van der Waals surface area contributed by atoms with Crippen LogP contribution in [0.2, 0.25) is 0 Å². The molecule has 5 rings (SSSR count). The van der Waals surface area contributed by atoms with Crippen LogP contribution in [0.3, 0.4) is 0 Å².